The van der Waals surface area contributed by atoms with Crippen LogP contribution in [0.3, 0.4) is 0 Å². The zero-order chi connectivity index (χ0) is 15.0. The molecule has 116 valence electrons. The fourth-order valence-corrected chi connectivity index (χ4v) is 3.57. The minimum atomic E-state index is -0.0730. The highest BCUT2D eigenvalue weighted by Crippen LogP contribution is 2.33. The van der Waals surface area contributed by atoms with Gasteiger partial charge in [-0.2, -0.15) is 0 Å². The van der Waals surface area contributed by atoms with Crippen LogP contribution in [0.2, 0.25) is 0 Å². The van der Waals surface area contributed by atoms with Crippen LogP contribution in [0.15, 0.2) is 24.5 Å². The molecule has 22 heavy (non-hydrogen) atoms. The molecule has 2 aliphatic heterocycles. The van der Waals surface area contributed by atoms with Gasteiger partial charge in [0.15, 0.2) is 0 Å². The van der Waals surface area contributed by atoms with E-state index in [1.807, 2.05) is 6.07 Å². The number of fused-ring (bicyclic) bond motifs is 1. The van der Waals surface area contributed by atoms with Gasteiger partial charge in [0.25, 0.3) is 0 Å². The first-order valence-corrected chi connectivity index (χ1v) is 7.94. The molecule has 0 radical (unpaired) electrons. The lowest BCUT2D eigenvalue weighted by atomic mass is 9.92. The molecule has 0 aliphatic carbocycles. The number of aryl methyl sites for hydroxylation is 1. The van der Waals surface area contributed by atoms with Crippen LogP contribution < -0.4 is 4.90 Å². The highest BCUT2D eigenvalue weighted by molar-refractivity contribution is 5.92. The molecule has 2 aliphatic rings. The fourth-order valence-electron chi connectivity index (χ4n) is 3.57. The normalized spacial score (nSPS) is 21.4. The molecule has 0 unspecified atom stereocenters. The molecule has 0 N–H and O–H groups in total. The molecular formula is C17H21N3O2. The van der Waals surface area contributed by atoms with Gasteiger partial charge in [0.05, 0.1) is 17.7 Å². The summed E-state index contributed by atoms with van der Waals surface area (Å²) >= 11 is 0. The Hall–Kier alpha value is -1.72. The quantitative estimate of drug-likeness (QED) is 0.809. The second kappa shape index (κ2) is 5.48. The molecule has 0 atom stereocenters. The van der Waals surface area contributed by atoms with Gasteiger partial charge in [0.1, 0.15) is 12.1 Å². The van der Waals surface area contributed by atoms with Gasteiger partial charge >= 0.3 is 0 Å². The molecule has 4 rings (SSSR count). The van der Waals surface area contributed by atoms with Crippen molar-refractivity contribution in [3.63, 3.8) is 0 Å². The van der Waals surface area contributed by atoms with Crippen LogP contribution in [0.1, 0.15) is 18.4 Å². The van der Waals surface area contributed by atoms with Crippen molar-refractivity contribution in [2.45, 2.75) is 25.4 Å². The van der Waals surface area contributed by atoms with E-state index in [4.69, 9.17) is 9.47 Å². The zero-order valence-corrected chi connectivity index (χ0v) is 12.9. The second-order valence-electron chi connectivity index (χ2n) is 6.23. The summed E-state index contributed by atoms with van der Waals surface area (Å²) in [4.78, 5) is 11.4. The summed E-state index contributed by atoms with van der Waals surface area (Å²) in [5, 5.41) is 1.16. The molecule has 2 aromatic rings. The molecule has 1 aromatic carbocycles. The first kappa shape index (κ1) is 13.9. The average molecular weight is 299 g/mol. The largest absolute Gasteiger partial charge is 0.381 e. The van der Waals surface area contributed by atoms with Crippen LogP contribution in [-0.2, 0) is 9.47 Å². The molecule has 0 saturated carbocycles. The van der Waals surface area contributed by atoms with Crippen LogP contribution in [0.25, 0.3) is 10.9 Å². The monoisotopic (exact) mass is 299 g/mol. The summed E-state index contributed by atoms with van der Waals surface area (Å²) in [5.41, 5.74) is 2.16. The fraction of sp³-hybridized carbons (Fsp3) is 0.529. The predicted octanol–water partition coefficient (Wildman–Crippen LogP) is 2.32. The Morgan fingerprint density at radius 2 is 2.00 bits per heavy atom. The van der Waals surface area contributed by atoms with E-state index >= 15 is 0 Å². The number of hydrogen-bond acceptors (Lipinski definition) is 5. The third kappa shape index (κ3) is 2.34. The molecular weight excluding hydrogens is 278 g/mol. The zero-order valence-electron chi connectivity index (χ0n) is 12.9. The maximum atomic E-state index is 6.14. The summed E-state index contributed by atoms with van der Waals surface area (Å²) in [5.74, 6) is 1.04. The number of anilines is 1. The van der Waals surface area contributed by atoms with Crippen molar-refractivity contribution in [3.8, 4) is 0 Å². The average Bonchev–Trinajstić information content (AvgIpc) is 2.55. The Morgan fingerprint density at radius 3 is 2.86 bits per heavy atom. The van der Waals surface area contributed by atoms with Crippen molar-refractivity contribution < 1.29 is 9.47 Å². The number of nitrogens with zero attached hydrogens (tertiary/aromatic N) is 3. The lowest BCUT2D eigenvalue weighted by molar-refractivity contribution is -0.116. The van der Waals surface area contributed by atoms with Gasteiger partial charge in [-0.15, -0.1) is 0 Å². The molecule has 0 bridgehead atoms. The molecule has 5 nitrogen and oxygen atoms in total. The van der Waals surface area contributed by atoms with Crippen LogP contribution in [0.4, 0.5) is 5.82 Å². The van der Waals surface area contributed by atoms with Crippen molar-refractivity contribution >= 4 is 16.7 Å². The van der Waals surface area contributed by atoms with Gasteiger partial charge in [-0.3, -0.25) is 0 Å². The Balaban J connectivity index is 1.72. The van der Waals surface area contributed by atoms with Crippen LogP contribution in [0.5, 0.6) is 0 Å². The first-order chi connectivity index (χ1) is 10.8. The number of benzene rings is 1. The molecule has 2 fully saturated rings. The highest BCUT2D eigenvalue weighted by atomic mass is 16.5. The van der Waals surface area contributed by atoms with Crippen LogP contribution in [-0.4, -0.2) is 48.5 Å². The Kier molecular flexibility index (Phi) is 3.47. The first-order valence-electron chi connectivity index (χ1n) is 7.94. The smallest absolute Gasteiger partial charge is 0.140 e. The minimum absolute atomic E-state index is 0.0730. The molecule has 0 amide bonds. The van der Waals surface area contributed by atoms with Crippen molar-refractivity contribution in [2.24, 2.45) is 0 Å². The van der Waals surface area contributed by atoms with E-state index in [0.717, 1.165) is 62.5 Å². The lowest BCUT2D eigenvalue weighted by Gasteiger charge is -2.45. The van der Waals surface area contributed by atoms with Crippen molar-refractivity contribution in [1.29, 1.82) is 0 Å². The van der Waals surface area contributed by atoms with Crippen LogP contribution >= 0.6 is 0 Å². The maximum Gasteiger partial charge on any atom is 0.140 e. The summed E-state index contributed by atoms with van der Waals surface area (Å²) < 4.78 is 11.6. The van der Waals surface area contributed by atoms with E-state index in [1.165, 1.54) is 5.56 Å². The molecule has 3 heterocycles. The lowest BCUT2D eigenvalue weighted by Crippen LogP contribution is -2.54. The number of morpholine rings is 1. The molecule has 1 aromatic heterocycles. The summed E-state index contributed by atoms with van der Waals surface area (Å²) in [7, 11) is 0. The third-order valence-electron chi connectivity index (χ3n) is 4.80. The van der Waals surface area contributed by atoms with Gasteiger partial charge in [0.2, 0.25) is 0 Å². The number of ether oxygens (including phenoxy) is 2. The van der Waals surface area contributed by atoms with Gasteiger partial charge in [-0.25, -0.2) is 9.97 Å². The Bertz CT molecular complexity index is 672. The molecule has 5 heteroatoms. The van der Waals surface area contributed by atoms with Crippen molar-refractivity contribution in [2.75, 3.05) is 37.8 Å². The summed E-state index contributed by atoms with van der Waals surface area (Å²) in [6, 6.07) is 6.23. The van der Waals surface area contributed by atoms with Gasteiger partial charge < -0.3 is 14.4 Å². The van der Waals surface area contributed by atoms with E-state index in [2.05, 4.69) is 33.9 Å². The standard InChI is InChI=1S/C17H21N3O2/c1-13-3-2-4-14-15(13)16(19-12-18-14)20-7-10-22-17(11-20)5-8-21-9-6-17/h2-4,12H,5-11H2,1H3. The van der Waals surface area contributed by atoms with Crippen molar-refractivity contribution in [3.05, 3.63) is 30.1 Å². The van der Waals surface area contributed by atoms with Gasteiger partial charge in [-0.1, -0.05) is 12.1 Å². The SMILES string of the molecule is Cc1cccc2ncnc(N3CCOC4(CCOCC4)C3)c12. The second-order valence-corrected chi connectivity index (χ2v) is 6.23. The Morgan fingerprint density at radius 1 is 1.14 bits per heavy atom. The number of rotatable bonds is 1. The van der Waals surface area contributed by atoms with E-state index in [9.17, 15) is 0 Å². The number of hydrogen-bond donors (Lipinski definition) is 0. The summed E-state index contributed by atoms with van der Waals surface area (Å²) in [6.07, 6.45) is 3.60. The molecule has 2 saturated heterocycles. The van der Waals surface area contributed by atoms with E-state index in [1.54, 1.807) is 6.33 Å². The van der Waals surface area contributed by atoms with E-state index in [0.29, 0.717) is 0 Å². The summed E-state index contributed by atoms with van der Waals surface area (Å²) in [6.45, 7) is 6.21. The highest BCUT2D eigenvalue weighted by Gasteiger charge is 2.39. The third-order valence-corrected chi connectivity index (χ3v) is 4.80. The topological polar surface area (TPSA) is 47.5 Å². The number of aromatic nitrogens is 2. The minimum Gasteiger partial charge on any atom is -0.381 e. The maximum absolute atomic E-state index is 6.14. The Labute approximate surface area is 130 Å². The van der Waals surface area contributed by atoms with E-state index < -0.39 is 0 Å². The predicted molar refractivity (Wildman–Crippen MR) is 85.2 cm³/mol. The van der Waals surface area contributed by atoms with E-state index in [-0.39, 0.29) is 5.60 Å². The van der Waals surface area contributed by atoms with Crippen LogP contribution in [0, 0.1) is 6.92 Å². The van der Waals surface area contributed by atoms with Gasteiger partial charge in [-0.05, 0) is 18.6 Å². The molecule has 1 spiro atoms. The van der Waals surface area contributed by atoms with Gasteiger partial charge in [0, 0.05) is 44.5 Å². The van der Waals surface area contributed by atoms with Crippen molar-refractivity contribution in [1.82, 2.24) is 9.97 Å².